The van der Waals surface area contributed by atoms with Gasteiger partial charge >= 0.3 is 18.9 Å². The van der Waals surface area contributed by atoms with Crippen molar-refractivity contribution in [2.24, 2.45) is 0 Å². The van der Waals surface area contributed by atoms with E-state index in [9.17, 15) is 0 Å². The van der Waals surface area contributed by atoms with Crippen molar-refractivity contribution in [3.05, 3.63) is 59.6 Å². The largest absolute Gasteiger partial charge is 1.00 e. The van der Waals surface area contributed by atoms with Crippen LogP contribution in [0.4, 0.5) is 0 Å². The van der Waals surface area contributed by atoms with Gasteiger partial charge in [0, 0.05) is 5.02 Å². The van der Waals surface area contributed by atoms with Crippen molar-refractivity contribution in [1.29, 1.82) is 0 Å². The molecular weight excluding hydrogens is 187 g/mol. The third-order valence-electron chi connectivity index (χ3n) is 1.87. The van der Waals surface area contributed by atoms with Gasteiger partial charge in [-0.05, 0) is 0 Å². The summed E-state index contributed by atoms with van der Waals surface area (Å²) in [5.74, 6) is 0. The molecule has 0 amide bonds. The molecule has 0 unspecified atom stereocenters. The smallest absolute Gasteiger partial charge is 0.147 e. The van der Waals surface area contributed by atoms with E-state index in [0.29, 0.717) is 0 Å². The molecule has 2 aromatic rings. The number of rotatable bonds is 1. The average molecular weight is 195 g/mol. The van der Waals surface area contributed by atoms with Gasteiger partial charge in [-0.2, -0.15) is 0 Å². The van der Waals surface area contributed by atoms with Crippen LogP contribution < -0.4 is 18.9 Å². The maximum absolute atomic E-state index is 6.04. The van der Waals surface area contributed by atoms with E-state index in [1.54, 1.807) is 0 Å². The first-order valence-electron chi connectivity index (χ1n) is 4.09. The van der Waals surface area contributed by atoms with Crippen molar-refractivity contribution in [1.82, 2.24) is 0 Å². The molecule has 0 atom stereocenters. The minimum Gasteiger partial charge on any atom is -0.147 e. The Morgan fingerprint density at radius 2 is 1.64 bits per heavy atom. The molecule has 0 aromatic heterocycles. The van der Waals surface area contributed by atoms with Crippen LogP contribution in [0.5, 0.6) is 0 Å². The molecule has 0 fully saturated rings. The zero-order valence-corrected chi connectivity index (χ0v) is 8.75. The van der Waals surface area contributed by atoms with Crippen molar-refractivity contribution in [3.8, 4) is 11.1 Å². The molecule has 0 aliphatic heterocycles. The Kier molecular flexibility index (Phi) is 4.29. The summed E-state index contributed by atoms with van der Waals surface area (Å²) < 4.78 is 0. The second kappa shape index (κ2) is 5.27. The number of benzene rings is 2. The van der Waals surface area contributed by atoms with E-state index in [2.05, 4.69) is 6.07 Å². The molecular formula is C12H8ClLi. The maximum atomic E-state index is 6.04. The number of hydrogen-bond donors (Lipinski definition) is 0. The van der Waals surface area contributed by atoms with Crippen LogP contribution in [-0.4, -0.2) is 0 Å². The topological polar surface area (TPSA) is 0 Å². The Bertz CT molecular complexity index is 398. The van der Waals surface area contributed by atoms with Gasteiger partial charge in [0.2, 0.25) is 0 Å². The van der Waals surface area contributed by atoms with Crippen LogP contribution in [0, 0.1) is 6.07 Å². The average Bonchev–Trinajstić information content (AvgIpc) is 2.20. The van der Waals surface area contributed by atoms with Crippen molar-refractivity contribution in [2.75, 3.05) is 0 Å². The van der Waals surface area contributed by atoms with Crippen LogP contribution in [0.25, 0.3) is 11.1 Å². The first kappa shape index (κ1) is 11.4. The van der Waals surface area contributed by atoms with Gasteiger partial charge < -0.3 is 0 Å². The van der Waals surface area contributed by atoms with E-state index in [4.69, 9.17) is 11.6 Å². The summed E-state index contributed by atoms with van der Waals surface area (Å²) in [6.45, 7) is 0. The molecule has 64 valence electrons. The summed E-state index contributed by atoms with van der Waals surface area (Å²) >= 11 is 6.04. The molecule has 0 nitrogen and oxygen atoms in total. The molecule has 0 saturated carbocycles. The second-order valence-electron chi connectivity index (χ2n) is 2.76. The van der Waals surface area contributed by atoms with Gasteiger partial charge in [0.15, 0.2) is 0 Å². The molecule has 0 aliphatic carbocycles. The second-order valence-corrected chi connectivity index (χ2v) is 3.16. The number of halogens is 1. The first-order valence-corrected chi connectivity index (χ1v) is 4.47. The van der Waals surface area contributed by atoms with Crippen LogP contribution in [0.1, 0.15) is 0 Å². The summed E-state index contributed by atoms with van der Waals surface area (Å²) in [6.07, 6.45) is 0. The first-order chi connectivity index (χ1) is 6.38. The third-order valence-corrected chi connectivity index (χ3v) is 2.20. The van der Waals surface area contributed by atoms with Gasteiger partial charge in [-0.3, -0.25) is 0 Å². The van der Waals surface area contributed by atoms with Crippen LogP contribution in [0.3, 0.4) is 0 Å². The van der Waals surface area contributed by atoms with E-state index >= 15 is 0 Å². The molecule has 14 heavy (non-hydrogen) atoms. The standard InChI is InChI=1S/C12H8Cl.Li/c13-12-9-5-4-8-11(12)10-6-2-1-3-7-10;/h1-6,8-9H;/q-1;+1. The van der Waals surface area contributed by atoms with Gasteiger partial charge in [-0.1, -0.05) is 41.4 Å². The van der Waals surface area contributed by atoms with Crippen molar-refractivity contribution >= 4 is 11.6 Å². The summed E-state index contributed by atoms with van der Waals surface area (Å²) in [5.41, 5.74) is 2.07. The van der Waals surface area contributed by atoms with Crippen LogP contribution in [-0.2, 0) is 0 Å². The minimum absolute atomic E-state index is 0. The van der Waals surface area contributed by atoms with Crippen molar-refractivity contribution in [2.45, 2.75) is 0 Å². The third kappa shape index (κ3) is 2.42. The molecule has 0 spiro atoms. The molecule has 2 heteroatoms. The fourth-order valence-electron chi connectivity index (χ4n) is 1.24. The van der Waals surface area contributed by atoms with Gasteiger partial charge in [-0.15, -0.1) is 35.9 Å². The fourth-order valence-corrected chi connectivity index (χ4v) is 1.48. The number of hydrogen-bond acceptors (Lipinski definition) is 0. The Morgan fingerprint density at radius 3 is 2.29 bits per heavy atom. The molecule has 2 rings (SSSR count). The van der Waals surface area contributed by atoms with Gasteiger partial charge in [-0.25, -0.2) is 0 Å². The van der Waals surface area contributed by atoms with E-state index in [0.717, 1.165) is 16.1 Å². The molecule has 0 heterocycles. The molecule has 2 aromatic carbocycles. The summed E-state index contributed by atoms with van der Waals surface area (Å²) in [6, 6.07) is 18.7. The Labute approximate surface area is 101 Å². The van der Waals surface area contributed by atoms with Gasteiger partial charge in [0.05, 0.1) is 0 Å². The fraction of sp³-hybridized carbons (Fsp3) is 0. The normalized spacial score (nSPS) is 9.21. The van der Waals surface area contributed by atoms with Crippen LogP contribution in [0.2, 0.25) is 5.02 Å². The van der Waals surface area contributed by atoms with Crippen LogP contribution >= 0.6 is 11.6 Å². The Balaban J connectivity index is 0.000000980. The van der Waals surface area contributed by atoms with Crippen LogP contribution in [0.15, 0.2) is 48.5 Å². The van der Waals surface area contributed by atoms with Gasteiger partial charge in [0.1, 0.15) is 0 Å². The molecule has 0 radical (unpaired) electrons. The predicted octanol–water partition coefficient (Wildman–Crippen LogP) is 0.811. The van der Waals surface area contributed by atoms with E-state index in [1.807, 2.05) is 48.5 Å². The zero-order valence-electron chi connectivity index (χ0n) is 8.00. The quantitative estimate of drug-likeness (QED) is 0.466. The van der Waals surface area contributed by atoms with E-state index < -0.39 is 0 Å². The van der Waals surface area contributed by atoms with Gasteiger partial charge in [0.25, 0.3) is 0 Å². The van der Waals surface area contributed by atoms with Crippen molar-refractivity contribution in [3.63, 3.8) is 0 Å². The van der Waals surface area contributed by atoms with Crippen molar-refractivity contribution < 1.29 is 18.9 Å². The molecule has 0 saturated heterocycles. The Hall–Kier alpha value is -0.673. The molecule has 0 N–H and O–H groups in total. The summed E-state index contributed by atoms with van der Waals surface area (Å²) in [7, 11) is 0. The SMILES string of the molecule is Clc1ccccc1-c1[c-]cccc1.[Li+]. The molecule has 0 bridgehead atoms. The maximum Gasteiger partial charge on any atom is 1.00 e. The monoisotopic (exact) mass is 194 g/mol. The summed E-state index contributed by atoms with van der Waals surface area (Å²) in [5, 5.41) is 0.768. The molecule has 0 aliphatic rings. The predicted molar refractivity (Wildman–Crippen MR) is 55.7 cm³/mol. The minimum atomic E-state index is 0. The van der Waals surface area contributed by atoms with E-state index in [1.165, 1.54) is 0 Å². The summed E-state index contributed by atoms with van der Waals surface area (Å²) in [4.78, 5) is 0. The Morgan fingerprint density at radius 1 is 0.929 bits per heavy atom. The van der Waals surface area contributed by atoms with E-state index in [-0.39, 0.29) is 18.9 Å². The zero-order chi connectivity index (χ0) is 9.10.